The molecule has 2 unspecified atom stereocenters. The summed E-state index contributed by atoms with van der Waals surface area (Å²) in [5.41, 5.74) is 2.58. The minimum atomic E-state index is -2.65. The molecule has 3 nitrogen and oxygen atoms in total. The molecule has 0 bridgehead atoms. The van der Waals surface area contributed by atoms with E-state index in [4.69, 9.17) is 4.74 Å². The summed E-state index contributed by atoms with van der Waals surface area (Å²) in [6.07, 6.45) is 0. The average molecular weight is 244 g/mol. The van der Waals surface area contributed by atoms with E-state index >= 15 is 0 Å². The maximum Gasteiger partial charge on any atom is 0.359 e. The highest BCUT2D eigenvalue weighted by atomic mass is 31.1. The van der Waals surface area contributed by atoms with Crippen molar-refractivity contribution in [2.75, 3.05) is 0 Å². The summed E-state index contributed by atoms with van der Waals surface area (Å²) in [6.45, 7) is 0. The molecule has 1 aliphatic heterocycles. The van der Waals surface area contributed by atoms with Crippen molar-refractivity contribution in [3.8, 4) is 16.9 Å². The van der Waals surface area contributed by atoms with Crippen molar-refractivity contribution in [1.29, 1.82) is 0 Å². The van der Waals surface area contributed by atoms with Gasteiger partial charge in [-0.05, 0) is 11.6 Å². The first-order chi connectivity index (χ1) is 8.27. The Morgan fingerprint density at radius 1 is 1.00 bits per heavy atom. The smallest absolute Gasteiger partial charge is 0.359 e. The summed E-state index contributed by atoms with van der Waals surface area (Å²) in [4.78, 5) is 11.2. The van der Waals surface area contributed by atoms with Crippen LogP contribution >= 0.6 is 8.03 Å². The zero-order valence-corrected chi connectivity index (χ0v) is 9.76. The van der Waals surface area contributed by atoms with Gasteiger partial charge >= 0.3 is 13.9 Å². The van der Waals surface area contributed by atoms with Gasteiger partial charge in [0.05, 0.1) is 5.56 Å². The second kappa shape index (κ2) is 3.95. The average Bonchev–Trinajstić information content (AvgIpc) is 2.37. The lowest BCUT2D eigenvalue weighted by molar-refractivity contribution is -0.171. The third-order valence-corrected chi connectivity index (χ3v) is 3.60. The molecular formula is C13H9O3P. The molecule has 0 radical (unpaired) electrons. The van der Waals surface area contributed by atoms with Crippen LogP contribution in [0.2, 0.25) is 0 Å². The first kappa shape index (κ1) is 10.5. The molecule has 17 heavy (non-hydrogen) atoms. The monoisotopic (exact) mass is 244 g/mol. The first-order valence-electron chi connectivity index (χ1n) is 5.26. The second-order valence-electron chi connectivity index (χ2n) is 3.84. The van der Waals surface area contributed by atoms with E-state index in [1.807, 2.05) is 36.4 Å². The van der Waals surface area contributed by atoms with Crippen LogP contribution < -0.4 is 9.63 Å². The largest absolute Gasteiger partial charge is 0.592 e. The van der Waals surface area contributed by atoms with Crippen LogP contribution in [-0.4, -0.2) is 0 Å². The summed E-state index contributed by atoms with van der Waals surface area (Å²) >= 11 is 0. The van der Waals surface area contributed by atoms with E-state index in [1.54, 1.807) is 12.1 Å². The van der Waals surface area contributed by atoms with Gasteiger partial charge in [0.15, 0.2) is 0 Å². The molecule has 2 aromatic rings. The van der Waals surface area contributed by atoms with Crippen molar-refractivity contribution in [2.24, 2.45) is 0 Å². The quantitative estimate of drug-likeness (QED) is 0.725. The number of hydrogen-bond donors (Lipinski definition) is 0. The number of rotatable bonds is 1. The van der Waals surface area contributed by atoms with E-state index in [1.165, 1.54) is 0 Å². The zero-order valence-electron chi connectivity index (χ0n) is 8.87. The highest BCUT2D eigenvalue weighted by Gasteiger charge is 2.33. The molecule has 2 atom stereocenters. The van der Waals surface area contributed by atoms with Crippen LogP contribution in [0.5, 0.6) is 5.75 Å². The third-order valence-electron chi connectivity index (χ3n) is 2.83. The van der Waals surface area contributed by atoms with Gasteiger partial charge in [0.25, 0.3) is 0 Å². The Bertz CT molecular complexity index is 595. The SMILES string of the molecule is O=[P+]([O-])C1Oc2ccccc2-c2ccccc21. The second-order valence-corrected chi connectivity index (χ2v) is 4.88. The van der Waals surface area contributed by atoms with E-state index in [9.17, 15) is 9.46 Å². The predicted molar refractivity (Wildman–Crippen MR) is 62.9 cm³/mol. The molecule has 1 heterocycles. The molecule has 0 aliphatic carbocycles. The Morgan fingerprint density at radius 3 is 2.41 bits per heavy atom. The Morgan fingerprint density at radius 2 is 1.65 bits per heavy atom. The van der Waals surface area contributed by atoms with Crippen LogP contribution in [0.1, 0.15) is 11.4 Å². The van der Waals surface area contributed by atoms with Crippen molar-refractivity contribution >= 4 is 8.03 Å². The Hall–Kier alpha value is -1.70. The molecule has 2 aromatic carbocycles. The summed E-state index contributed by atoms with van der Waals surface area (Å²) in [7, 11) is -2.65. The summed E-state index contributed by atoms with van der Waals surface area (Å²) in [6, 6.07) is 14.9. The molecule has 4 heteroatoms. The Labute approximate surface area is 99.5 Å². The molecule has 84 valence electrons. The van der Waals surface area contributed by atoms with Crippen molar-refractivity contribution in [3.05, 3.63) is 54.1 Å². The minimum Gasteiger partial charge on any atom is -0.592 e. The van der Waals surface area contributed by atoms with Gasteiger partial charge in [0.1, 0.15) is 5.75 Å². The molecule has 0 fully saturated rings. The van der Waals surface area contributed by atoms with Gasteiger partial charge in [-0.25, -0.2) is 0 Å². The number of para-hydroxylation sites is 1. The van der Waals surface area contributed by atoms with Crippen LogP contribution in [0.15, 0.2) is 48.5 Å². The predicted octanol–water partition coefficient (Wildman–Crippen LogP) is 2.85. The van der Waals surface area contributed by atoms with E-state index in [0.29, 0.717) is 11.3 Å². The number of benzene rings is 2. The minimum absolute atomic E-state index is 0.621. The van der Waals surface area contributed by atoms with Crippen molar-refractivity contribution in [2.45, 2.75) is 5.85 Å². The summed E-state index contributed by atoms with van der Waals surface area (Å²) < 4.78 is 16.8. The molecule has 1 aliphatic rings. The van der Waals surface area contributed by atoms with Gasteiger partial charge in [-0.1, -0.05) is 47.0 Å². The first-order valence-corrected chi connectivity index (χ1v) is 6.50. The topological polar surface area (TPSA) is 49.4 Å². The lowest BCUT2D eigenvalue weighted by Crippen LogP contribution is -2.14. The molecule has 0 amide bonds. The van der Waals surface area contributed by atoms with Gasteiger partial charge in [-0.2, -0.15) is 0 Å². The maximum atomic E-state index is 11.2. The normalized spacial score (nSPS) is 17.7. The lowest BCUT2D eigenvalue weighted by atomic mass is 9.97. The fourth-order valence-electron chi connectivity index (χ4n) is 2.09. The van der Waals surface area contributed by atoms with Gasteiger partial charge in [0, 0.05) is 5.56 Å². The van der Waals surface area contributed by atoms with Crippen molar-refractivity contribution in [3.63, 3.8) is 0 Å². The van der Waals surface area contributed by atoms with Gasteiger partial charge < -0.3 is 9.63 Å². The summed E-state index contributed by atoms with van der Waals surface area (Å²) in [5.74, 6) is -0.258. The van der Waals surface area contributed by atoms with Crippen LogP contribution in [0.3, 0.4) is 0 Å². The van der Waals surface area contributed by atoms with Crippen LogP contribution in [0, 0.1) is 0 Å². The van der Waals surface area contributed by atoms with Gasteiger partial charge in [-0.15, -0.1) is 0 Å². The molecular weight excluding hydrogens is 235 g/mol. The summed E-state index contributed by atoms with van der Waals surface area (Å²) in [5, 5.41) is 0. The van der Waals surface area contributed by atoms with E-state index in [0.717, 1.165) is 11.1 Å². The Balaban J connectivity index is 2.26. The lowest BCUT2D eigenvalue weighted by Gasteiger charge is -2.23. The molecule has 0 N–H and O–H groups in total. The van der Waals surface area contributed by atoms with E-state index in [2.05, 4.69) is 0 Å². The van der Waals surface area contributed by atoms with Gasteiger partial charge in [0.2, 0.25) is 0 Å². The zero-order chi connectivity index (χ0) is 11.8. The highest BCUT2D eigenvalue weighted by molar-refractivity contribution is 7.36. The maximum absolute atomic E-state index is 11.2. The number of ether oxygens (including phenoxy) is 1. The van der Waals surface area contributed by atoms with Crippen molar-refractivity contribution in [1.82, 2.24) is 0 Å². The van der Waals surface area contributed by atoms with Crippen molar-refractivity contribution < 1.29 is 14.2 Å². The van der Waals surface area contributed by atoms with E-state index in [-0.39, 0.29) is 0 Å². The molecule has 0 aromatic heterocycles. The molecule has 3 rings (SSSR count). The number of fused-ring (bicyclic) bond motifs is 3. The highest BCUT2D eigenvalue weighted by Crippen LogP contribution is 2.48. The van der Waals surface area contributed by atoms with Crippen LogP contribution in [-0.2, 0) is 4.57 Å². The fourth-order valence-corrected chi connectivity index (χ4v) is 2.74. The fraction of sp³-hybridized carbons (Fsp3) is 0.0769. The van der Waals surface area contributed by atoms with E-state index < -0.39 is 13.9 Å². The van der Waals surface area contributed by atoms with Crippen LogP contribution in [0.4, 0.5) is 0 Å². The molecule has 0 saturated heterocycles. The third kappa shape index (κ3) is 1.64. The van der Waals surface area contributed by atoms with Crippen LogP contribution in [0.25, 0.3) is 11.1 Å². The van der Waals surface area contributed by atoms with Gasteiger partial charge in [-0.3, -0.25) is 0 Å². The standard InChI is InChI=1S/C13H9O3P/c14-17(15)13-11-7-2-1-5-9(11)10-6-3-4-8-12(10)16-13/h1-8,13H. The number of hydrogen-bond acceptors (Lipinski definition) is 3. The molecule has 0 saturated carbocycles. The molecule has 0 spiro atoms. The Kier molecular flexibility index (Phi) is 2.43.